The number of nitrogens with two attached hydrogens (primary N) is 1. The van der Waals surface area contributed by atoms with Gasteiger partial charge in [-0.05, 0) is 0 Å². The highest BCUT2D eigenvalue weighted by atomic mass is 16.2. The van der Waals surface area contributed by atoms with Crippen molar-refractivity contribution in [3.63, 3.8) is 0 Å². The van der Waals surface area contributed by atoms with E-state index in [1.54, 1.807) is 6.08 Å². The van der Waals surface area contributed by atoms with E-state index >= 15 is 0 Å². The lowest BCUT2D eigenvalue weighted by molar-refractivity contribution is 0.228. The lowest BCUT2D eigenvalue weighted by Crippen LogP contribution is -2.30. The molecule has 3 heteroatoms. The maximum absolute atomic E-state index is 10.3. The Morgan fingerprint density at radius 1 is 1.67 bits per heavy atom. The van der Waals surface area contributed by atoms with Crippen molar-refractivity contribution in [3.05, 3.63) is 25.4 Å². The normalized spacial score (nSPS) is 8.00. The van der Waals surface area contributed by atoms with Gasteiger partial charge in [0.15, 0.2) is 0 Å². The fraction of sp³-hybridized carbons (Fsp3) is 0.167. The molecule has 0 radical (unpaired) electrons. The lowest BCUT2D eigenvalue weighted by Gasteiger charge is -2.10. The smallest absolute Gasteiger partial charge is 0.319 e. The van der Waals surface area contributed by atoms with Gasteiger partial charge in [0, 0.05) is 12.7 Å². The molecular formula is C6H10N2O. The van der Waals surface area contributed by atoms with Gasteiger partial charge in [0.05, 0.1) is 0 Å². The van der Waals surface area contributed by atoms with E-state index in [1.807, 2.05) is 0 Å². The van der Waals surface area contributed by atoms with E-state index in [1.165, 1.54) is 11.1 Å². The summed E-state index contributed by atoms with van der Waals surface area (Å²) >= 11 is 0. The van der Waals surface area contributed by atoms with Gasteiger partial charge in [-0.2, -0.15) is 0 Å². The van der Waals surface area contributed by atoms with Crippen LogP contribution in [0.5, 0.6) is 0 Å². The number of carbonyl (C=O) groups is 1. The molecule has 0 saturated carbocycles. The average Bonchev–Trinajstić information content (AvgIpc) is 1.82. The molecule has 0 aliphatic rings. The summed E-state index contributed by atoms with van der Waals surface area (Å²) in [4.78, 5) is 11.6. The van der Waals surface area contributed by atoms with E-state index < -0.39 is 6.03 Å². The lowest BCUT2D eigenvalue weighted by atomic mass is 10.5. The Labute approximate surface area is 54.4 Å². The maximum Gasteiger partial charge on any atom is 0.319 e. The average molecular weight is 126 g/mol. The molecule has 0 atom stereocenters. The van der Waals surface area contributed by atoms with Crippen molar-refractivity contribution in [2.24, 2.45) is 5.73 Å². The molecule has 0 aliphatic heterocycles. The summed E-state index contributed by atoms with van der Waals surface area (Å²) in [5.41, 5.74) is 4.90. The monoisotopic (exact) mass is 126 g/mol. The first-order chi connectivity index (χ1) is 4.22. The van der Waals surface area contributed by atoms with Crippen molar-refractivity contribution in [2.75, 3.05) is 6.54 Å². The van der Waals surface area contributed by atoms with Crippen LogP contribution >= 0.6 is 0 Å². The first-order valence-corrected chi connectivity index (χ1v) is 2.52. The van der Waals surface area contributed by atoms with Crippen LogP contribution < -0.4 is 5.73 Å². The summed E-state index contributed by atoms with van der Waals surface area (Å²) in [5.74, 6) is 0. The molecule has 0 bridgehead atoms. The highest BCUT2D eigenvalue weighted by Crippen LogP contribution is 1.85. The standard InChI is InChI=1S/C6H10N2O/c1-3-5-8(4-2)6(7)9/h3-4H,1-2,5H2,(H2,7,9). The number of amides is 2. The van der Waals surface area contributed by atoms with Crippen molar-refractivity contribution in [3.8, 4) is 0 Å². The van der Waals surface area contributed by atoms with Crippen LogP contribution in [0.2, 0.25) is 0 Å². The predicted molar refractivity (Wildman–Crippen MR) is 36.7 cm³/mol. The summed E-state index contributed by atoms with van der Waals surface area (Å²) in [7, 11) is 0. The second-order valence-corrected chi connectivity index (χ2v) is 1.46. The summed E-state index contributed by atoms with van der Waals surface area (Å²) in [6.45, 7) is 7.23. The molecule has 2 amide bonds. The van der Waals surface area contributed by atoms with Gasteiger partial charge in [0.25, 0.3) is 0 Å². The Morgan fingerprint density at radius 2 is 2.22 bits per heavy atom. The largest absolute Gasteiger partial charge is 0.351 e. The molecule has 0 unspecified atom stereocenters. The van der Waals surface area contributed by atoms with Crippen LogP contribution in [0.4, 0.5) is 4.79 Å². The Morgan fingerprint density at radius 3 is 2.33 bits per heavy atom. The predicted octanol–water partition coefficient (Wildman–Crippen LogP) is 0.697. The van der Waals surface area contributed by atoms with E-state index in [-0.39, 0.29) is 0 Å². The van der Waals surface area contributed by atoms with Gasteiger partial charge in [-0.1, -0.05) is 12.7 Å². The molecule has 0 saturated heterocycles. The molecule has 0 aromatic heterocycles. The number of hydrogen-bond acceptors (Lipinski definition) is 1. The summed E-state index contributed by atoms with van der Waals surface area (Å²) in [5, 5.41) is 0. The number of hydrogen-bond donors (Lipinski definition) is 1. The molecule has 0 rings (SSSR count). The third kappa shape index (κ3) is 2.54. The maximum atomic E-state index is 10.3. The Hall–Kier alpha value is -1.25. The molecule has 0 fully saturated rings. The van der Waals surface area contributed by atoms with Gasteiger partial charge < -0.3 is 5.73 Å². The highest BCUT2D eigenvalue weighted by Gasteiger charge is 1.99. The molecule has 0 spiro atoms. The van der Waals surface area contributed by atoms with E-state index in [0.29, 0.717) is 6.54 Å². The van der Waals surface area contributed by atoms with Gasteiger partial charge in [-0.15, -0.1) is 6.58 Å². The molecule has 9 heavy (non-hydrogen) atoms. The third-order valence-electron chi connectivity index (χ3n) is 0.829. The van der Waals surface area contributed by atoms with Crippen LogP contribution in [0.3, 0.4) is 0 Å². The first-order valence-electron chi connectivity index (χ1n) is 2.52. The zero-order chi connectivity index (χ0) is 7.28. The topological polar surface area (TPSA) is 46.3 Å². The first kappa shape index (κ1) is 7.75. The van der Waals surface area contributed by atoms with Crippen molar-refractivity contribution in [1.29, 1.82) is 0 Å². The molecule has 2 N–H and O–H groups in total. The fourth-order valence-electron chi connectivity index (χ4n) is 0.394. The van der Waals surface area contributed by atoms with E-state index in [0.717, 1.165) is 0 Å². The van der Waals surface area contributed by atoms with Crippen molar-refractivity contribution >= 4 is 6.03 Å². The SMILES string of the molecule is C=CCN(C=C)C(N)=O. The molecule has 0 aliphatic carbocycles. The minimum absolute atomic E-state index is 0.416. The fourth-order valence-corrected chi connectivity index (χ4v) is 0.394. The number of nitrogens with zero attached hydrogens (tertiary/aromatic N) is 1. The van der Waals surface area contributed by atoms with Crippen LogP contribution in [0.15, 0.2) is 25.4 Å². The summed E-state index contributed by atoms with van der Waals surface area (Å²) < 4.78 is 0. The third-order valence-corrected chi connectivity index (χ3v) is 0.829. The van der Waals surface area contributed by atoms with E-state index in [2.05, 4.69) is 13.2 Å². The zero-order valence-corrected chi connectivity index (χ0v) is 5.21. The number of primary amides is 1. The minimum atomic E-state index is -0.509. The Balaban J connectivity index is 3.81. The number of rotatable bonds is 3. The quantitative estimate of drug-likeness (QED) is 0.556. The second-order valence-electron chi connectivity index (χ2n) is 1.46. The van der Waals surface area contributed by atoms with E-state index in [9.17, 15) is 4.79 Å². The number of carbonyl (C=O) groups excluding carboxylic acids is 1. The molecule has 3 nitrogen and oxygen atoms in total. The molecule has 0 aromatic carbocycles. The molecule has 50 valence electrons. The van der Waals surface area contributed by atoms with Gasteiger partial charge in [0.2, 0.25) is 0 Å². The highest BCUT2D eigenvalue weighted by molar-refractivity contribution is 5.73. The van der Waals surface area contributed by atoms with Gasteiger partial charge in [0.1, 0.15) is 0 Å². The van der Waals surface area contributed by atoms with Gasteiger partial charge >= 0.3 is 6.03 Å². The van der Waals surface area contributed by atoms with E-state index in [4.69, 9.17) is 5.73 Å². The molecule has 0 aromatic rings. The van der Waals surface area contributed by atoms with Crippen LogP contribution in [-0.4, -0.2) is 17.5 Å². The van der Waals surface area contributed by atoms with Crippen molar-refractivity contribution in [1.82, 2.24) is 4.90 Å². The number of urea groups is 1. The molecule has 0 heterocycles. The second kappa shape index (κ2) is 3.72. The summed E-state index contributed by atoms with van der Waals surface area (Å²) in [6.07, 6.45) is 2.94. The van der Waals surface area contributed by atoms with Crippen LogP contribution in [-0.2, 0) is 0 Å². The van der Waals surface area contributed by atoms with Crippen LogP contribution in [0.1, 0.15) is 0 Å². The molecular weight excluding hydrogens is 116 g/mol. The van der Waals surface area contributed by atoms with Crippen molar-refractivity contribution < 1.29 is 4.79 Å². The minimum Gasteiger partial charge on any atom is -0.351 e. The zero-order valence-electron chi connectivity index (χ0n) is 5.21. The van der Waals surface area contributed by atoms with Crippen LogP contribution in [0.25, 0.3) is 0 Å². The summed E-state index contributed by atoms with van der Waals surface area (Å²) in [6, 6.07) is -0.509. The van der Waals surface area contributed by atoms with Crippen LogP contribution in [0, 0.1) is 0 Å². The van der Waals surface area contributed by atoms with Gasteiger partial charge in [-0.3, -0.25) is 4.90 Å². The van der Waals surface area contributed by atoms with Gasteiger partial charge in [-0.25, -0.2) is 4.79 Å². The Bertz CT molecular complexity index is 131. The Kier molecular flexibility index (Phi) is 3.20. The van der Waals surface area contributed by atoms with Crippen molar-refractivity contribution in [2.45, 2.75) is 0 Å².